The highest BCUT2D eigenvalue weighted by Crippen LogP contribution is 2.38. The predicted octanol–water partition coefficient (Wildman–Crippen LogP) is 2.71. The largest absolute Gasteiger partial charge is 0.493 e. The Hall–Kier alpha value is -4.23. The van der Waals surface area contributed by atoms with Crippen LogP contribution in [0.1, 0.15) is 18.4 Å². The number of halogens is 2. The van der Waals surface area contributed by atoms with Gasteiger partial charge in [-0.1, -0.05) is 6.07 Å². The topological polar surface area (TPSA) is 130 Å². The van der Waals surface area contributed by atoms with Crippen molar-refractivity contribution in [2.75, 3.05) is 56.8 Å². The molecule has 0 bridgehead atoms. The third-order valence-electron chi connectivity index (χ3n) is 7.15. The van der Waals surface area contributed by atoms with E-state index in [2.05, 4.69) is 15.3 Å². The molecule has 3 heterocycles. The van der Waals surface area contributed by atoms with Gasteiger partial charge in [0.2, 0.25) is 5.91 Å². The molecule has 1 aromatic heterocycles. The van der Waals surface area contributed by atoms with Crippen LogP contribution in [-0.2, 0) is 11.3 Å². The number of carbonyl (C=O) groups excluding carboxylic acids is 1. The van der Waals surface area contributed by atoms with E-state index in [4.69, 9.17) is 20.2 Å². The summed E-state index contributed by atoms with van der Waals surface area (Å²) in [5.41, 5.74) is 6.88. The Bertz CT molecular complexity index is 1430. The van der Waals surface area contributed by atoms with Crippen molar-refractivity contribution in [3.63, 3.8) is 0 Å². The van der Waals surface area contributed by atoms with Crippen LogP contribution in [-0.4, -0.2) is 78.2 Å². The van der Waals surface area contributed by atoms with Gasteiger partial charge in [-0.15, -0.1) is 0 Å². The SMILES string of the molecule is COc1cc2c(cc1OCCN1CCCC(CO)C1)NCN(c1cccc(F)c1F)C2=Nc1cnn(CC(N)=O)c1. The first-order valence-electron chi connectivity index (χ1n) is 13.4. The number of aromatic nitrogens is 2. The number of anilines is 2. The molecule has 0 aliphatic carbocycles. The Balaban J connectivity index is 1.46. The Morgan fingerprint density at radius 2 is 2.15 bits per heavy atom. The third kappa shape index (κ3) is 6.41. The van der Waals surface area contributed by atoms with Crippen LogP contribution < -0.4 is 25.4 Å². The van der Waals surface area contributed by atoms with Crippen molar-refractivity contribution in [3.05, 3.63) is 59.9 Å². The van der Waals surface area contributed by atoms with E-state index in [0.29, 0.717) is 47.4 Å². The summed E-state index contributed by atoms with van der Waals surface area (Å²) < 4.78 is 42.3. The van der Waals surface area contributed by atoms with Gasteiger partial charge in [0.25, 0.3) is 0 Å². The van der Waals surface area contributed by atoms with Gasteiger partial charge in [-0.2, -0.15) is 5.10 Å². The molecule has 11 nitrogen and oxygen atoms in total. The number of nitrogens with zero attached hydrogens (tertiary/aromatic N) is 5. The predicted molar refractivity (Wildman–Crippen MR) is 150 cm³/mol. The number of ether oxygens (including phenoxy) is 2. The number of fused-ring (bicyclic) bond motifs is 1. The van der Waals surface area contributed by atoms with Gasteiger partial charge in [0, 0.05) is 31.3 Å². The van der Waals surface area contributed by atoms with Crippen molar-refractivity contribution < 1.29 is 28.2 Å². The lowest BCUT2D eigenvalue weighted by Gasteiger charge is -2.34. The molecule has 41 heavy (non-hydrogen) atoms. The highest BCUT2D eigenvalue weighted by Gasteiger charge is 2.29. The van der Waals surface area contributed by atoms with Gasteiger partial charge < -0.3 is 30.5 Å². The van der Waals surface area contributed by atoms with Gasteiger partial charge in [0.15, 0.2) is 23.1 Å². The number of benzene rings is 2. The number of carbonyl (C=O) groups is 1. The molecule has 4 N–H and O–H groups in total. The van der Waals surface area contributed by atoms with Crippen LogP contribution in [0, 0.1) is 17.6 Å². The molecule has 0 radical (unpaired) electrons. The summed E-state index contributed by atoms with van der Waals surface area (Å²) in [4.78, 5) is 19.8. The molecule has 1 unspecified atom stereocenters. The van der Waals surface area contributed by atoms with Gasteiger partial charge in [0.1, 0.15) is 24.7 Å². The highest BCUT2D eigenvalue weighted by molar-refractivity contribution is 6.16. The molecular formula is C28H33F2N7O4. The first-order valence-corrected chi connectivity index (χ1v) is 13.4. The van der Waals surface area contributed by atoms with Crippen LogP contribution in [0.15, 0.2) is 47.7 Å². The van der Waals surface area contributed by atoms with Gasteiger partial charge in [-0.3, -0.25) is 14.4 Å². The summed E-state index contributed by atoms with van der Waals surface area (Å²) in [5, 5.41) is 16.9. The Morgan fingerprint density at radius 1 is 1.29 bits per heavy atom. The molecular weight excluding hydrogens is 536 g/mol. The number of aliphatic hydroxyl groups excluding tert-OH is 1. The number of methoxy groups -OCH3 is 1. The van der Waals surface area contributed by atoms with Crippen molar-refractivity contribution >= 4 is 28.8 Å². The summed E-state index contributed by atoms with van der Waals surface area (Å²) >= 11 is 0. The molecule has 1 fully saturated rings. The molecule has 5 rings (SSSR count). The quantitative estimate of drug-likeness (QED) is 0.340. The lowest BCUT2D eigenvalue weighted by atomic mass is 9.99. The number of hydrogen-bond acceptors (Lipinski definition) is 8. The van der Waals surface area contributed by atoms with E-state index < -0.39 is 17.5 Å². The molecule has 1 amide bonds. The Labute approximate surface area is 236 Å². The molecule has 0 saturated carbocycles. The third-order valence-corrected chi connectivity index (χ3v) is 7.15. The van der Waals surface area contributed by atoms with E-state index in [-0.39, 0.29) is 31.4 Å². The van der Waals surface area contributed by atoms with E-state index in [0.717, 1.165) is 32.0 Å². The zero-order valence-electron chi connectivity index (χ0n) is 22.7. The average Bonchev–Trinajstić information content (AvgIpc) is 3.40. The molecule has 2 aromatic carbocycles. The average molecular weight is 570 g/mol. The van der Waals surface area contributed by atoms with E-state index in [1.807, 2.05) is 0 Å². The minimum atomic E-state index is -1.01. The molecule has 1 atom stereocenters. The molecule has 13 heteroatoms. The minimum Gasteiger partial charge on any atom is -0.493 e. The van der Waals surface area contributed by atoms with Crippen LogP contribution in [0.25, 0.3) is 0 Å². The normalized spacial score (nSPS) is 18.2. The first kappa shape index (κ1) is 28.3. The zero-order chi connectivity index (χ0) is 28.9. The van der Waals surface area contributed by atoms with Gasteiger partial charge in [0.05, 0.1) is 37.5 Å². The summed E-state index contributed by atoms with van der Waals surface area (Å²) in [7, 11) is 1.52. The molecule has 0 spiro atoms. The summed E-state index contributed by atoms with van der Waals surface area (Å²) in [6, 6.07) is 7.47. The fourth-order valence-corrected chi connectivity index (χ4v) is 5.14. The Morgan fingerprint density at radius 3 is 2.93 bits per heavy atom. The lowest BCUT2D eigenvalue weighted by molar-refractivity contribution is -0.118. The number of aliphatic hydroxyl groups is 1. The lowest BCUT2D eigenvalue weighted by Crippen LogP contribution is -2.41. The summed E-state index contributed by atoms with van der Waals surface area (Å²) in [6.45, 7) is 3.08. The maximum atomic E-state index is 14.9. The number of primary amides is 1. The summed E-state index contributed by atoms with van der Waals surface area (Å²) in [5.74, 6) is -0.989. The van der Waals surface area contributed by atoms with Crippen LogP contribution in [0.2, 0.25) is 0 Å². The van der Waals surface area contributed by atoms with Gasteiger partial charge in [-0.25, -0.2) is 13.8 Å². The second-order valence-corrected chi connectivity index (χ2v) is 10.0. The fraction of sp³-hybridized carbons (Fsp3) is 0.393. The fourth-order valence-electron chi connectivity index (χ4n) is 5.14. The van der Waals surface area contributed by atoms with Gasteiger partial charge >= 0.3 is 0 Å². The van der Waals surface area contributed by atoms with Crippen molar-refractivity contribution in [1.82, 2.24) is 14.7 Å². The maximum Gasteiger partial charge on any atom is 0.239 e. The number of aliphatic imine (C=N–C) groups is 1. The van der Waals surface area contributed by atoms with E-state index >= 15 is 0 Å². The van der Waals surface area contributed by atoms with Crippen LogP contribution in [0.4, 0.5) is 25.8 Å². The molecule has 218 valence electrons. The molecule has 1 saturated heterocycles. The second-order valence-electron chi connectivity index (χ2n) is 10.0. The number of rotatable bonds is 10. The molecule has 2 aliphatic rings. The summed E-state index contributed by atoms with van der Waals surface area (Å²) in [6.07, 6.45) is 5.07. The monoisotopic (exact) mass is 569 g/mol. The van der Waals surface area contributed by atoms with Crippen LogP contribution >= 0.6 is 0 Å². The second kappa shape index (κ2) is 12.5. The van der Waals surface area contributed by atoms with E-state index in [1.54, 1.807) is 12.1 Å². The minimum absolute atomic E-state index is 0.00608. The smallest absolute Gasteiger partial charge is 0.239 e. The molecule has 3 aromatic rings. The number of nitrogens with one attached hydrogen (secondary N) is 1. The number of hydrogen-bond donors (Lipinski definition) is 3. The number of likely N-dealkylation sites (tertiary alicyclic amines) is 1. The first-order chi connectivity index (χ1) is 19.9. The van der Waals surface area contributed by atoms with Crippen molar-refractivity contribution in [1.29, 1.82) is 0 Å². The zero-order valence-corrected chi connectivity index (χ0v) is 22.7. The standard InChI is InChI=1S/C28H33F2N7O4/c1-40-24-10-20-22(11-25(24)41-9-8-35-7-3-4-18(13-35)16-38)32-17-37(23-6-2-5-21(29)27(23)30)28(20)34-19-12-33-36(14-19)15-26(31)39/h2,5-6,10-12,14,18,32,38H,3-4,7-9,13,15-17H2,1H3,(H2,31,39). The Kier molecular flexibility index (Phi) is 8.64. The van der Waals surface area contributed by atoms with Crippen LogP contribution in [0.5, 0.6) is 11.5 Å². The number of nitrogens with two attached hydrogens (primary N) is 1. The highest BCUT2D eigenvalue weighted by atomic mass is 19.2. The maximum absolute atomic E-state index is 14.9. The number of piperidine rings is 1. The number of amidine groups is 1. The van der Waals surface area contributed by atoms with Crippen molar-refractivity contribution in [2.45, 2.75) is 19.4 Å². The van der Waals surface area contributed by atoms with E-state index in [1.165, 1.54) is 41.2 Å². The molecule has 2 aliphatic heterocycles. The van der Waals surface area contributed by atoms with Crippen molar-refractivity contribution in [2.24, 2.45) is 16.6 Å². The number of amides is 1. The van der Waals surface area contributed by atoms with Crippen LogP contribution in [0.3, 0.4) is 0 Å². The van der Waals surface area contributed by atoms with Crippen molar-refractivity contribution in [3.8, 4) is 11.5 Å². The van der Waals surface area contributed by atoms with E-state index in [9.17, 15) is 18.7 Å². The van der Waals surface area contributed by atoms with Gasteiger partial charge in [-0.05, 0) is 43.5 Å².